The number of benzene rings is 1. The van der Waals surface area contributed by atoms with E-state index < -0.39 is 5.97 Å². The first-order valence-electron chi connectivity index (χ1n) is 8.73. The molecule has 2 N–H and O–H groups in total. The number of hydrogen-bond acceptors (Lipinski definition) is 4. The molecule has 136 valence electrons. The van der Waals surface area contributed by atoms with E-state index in [1.54, 1.807) is 12.4 Å². The Morgan fingerprint density at radius 3 is 2.77 bits per heavy atom. The van der Waals surface area contributed by atoms with E-state index in [-0.39, 0.29) is 24.3 Å². The third kappa shape index (κ3) is 5.05. The first kappa shape index (κ1) is 17.9. The summed E-state index contributed by atoms with van der Waals surface area (Å²) in [6, 6.07) is 11.2. The zero-order valence-corrected chi connectivity index (χ0v) is 14.4. The molecule has 1 fully saturated rings. The predicted octanol–water partition coefficient (Wildman–Crippen LogP) is 2.57. The van der Waals surface area contributed by atoms with Crippen LogP contribution in [0.5, 0.6) is 5.75 Å². The van der Waals surface area contributed by atoms with Crippen molar-refractivity contribution in [2.24, 2.45) is 5.92 Å². The normalized spacial score (nSPS) is 19.1. The summed E-state index contributed by atoms with van der Waals surface area (Å²) in [6.45, 7) is 0.419. The second-order valence-electron chi connectivity index (χ2n) is 6.59. The molecular formula is C20H22N2O4. The number of pyridine rings is 1. The van der Waals surface area contributed by atoms with E-state index in [9.17, 15) is 9.59 Å². The van der Waals surface area contributed by atoms with Crippen LogP contribution >= 0.6 is 0 Å². The monoisotopic (exact) mass is 354 g/mol. The standard InChI is InChI=1S/C20H22N2O4/c23-19(22-17-7-6-16(11-17)20(24)25)10-14-3-1-5-18(9-14)26-13-15-4-2-8-21-12-15/h1-5,8-9,12,16-17H,6-7,10-11,13H2,(H,22,23)(H,24,25)/t16-,17+/m1/s1. The minimum Gasteiger partial charge on any atom is -0.489 e. The average molecular weight is 354 g/mol. The number of ether oxygens (including phenoxy) is 1. The second kappa shape index (κ2) is 8.47. The van der Waals surface area contributed by atoms with Gasteiger partial charge in [-0.1, -0.05) is 18.2 Å². The predicted molar refractivity (Wildman–Crippen MR) is 95.6 cm³/mol. The van der Waals surface area contributed by atoms with Crippen molar-refractivity contribution in [2.75, 3.05) is 0 Å². The van der Waals surface area contributed by atoms with Gasteiger partial charge in [0.1, 0.15) is 12.4 Å². The van der Waals surface area contributed by atoms with Crippen LogP contribution in [0.1, 0.15) is 30.4 Å². The SMILES string of the molecule is O=C(Cc1cccc(OCc2cccnc2)c1)N[C@H]1CC[C@@H](C(=O)O)C1. The lowest BCUT2D eigenvalue weighted by Gasteiger charge is -2.13. The van der Waals surface area contributed by atoms with Crippen LogP contribution in [0.3, 0.4) is 0 Å². The molecule has 2 atom stereocenters. The Morgan fingerprint density at radius 1 is 1.19 bits per heavy atom. The zero-order valence-electron chi connectivity index (χ0n) is 14.4. The molecule has 0 radical (unpaired) electrons. The van der Waals surface area contributed by atoms with E-state index in [4.69, 9.17) is 9.84 Å². The molecular weight excluding hydrogens is 332 g/mol. The molecule has 1 aliphatic rings. The molecule has 6 heteroatoms. The van der Waals surface area contributed by atoms with Crippen molar-refractivity contribution in [3.05, 3.63) is 59.9 Å². The highest BCUT2D eigenvalue weighted by molar-refractivity contribution is 5.79. The van der Waals surface area contributed by atoms with E-state index in [0.717, 1.165) is 17.5 Å². The summed E-state index contributed by atoms with van der Waals surface area (Å²) in [6.07, 6.45) is 5.57. The number of nitrogens with zero attached hydrogens (tertiary/aromatic N) is 1. The van der Waals surface area contributed by atoms with Gasteiger partial charge in [0.25, 0.3) is 0 Å². The van der Waals surface area contributed by atoms with Crippen molar-refractivity contribution in [1.29, 1.82) is 0 Å². The van der Waals surface area contributed by atoms with Crippen molar-refractivity contribution in [3.8, 4) is 5.75 Å². The van der Waals surface area contributed by atoms with Crippen LogP contribution in [-0.4, -0.2) is 28.0 Å². The summed E-state index contributed by atoms with van der Waals surface area (Å²) in [5.41, 5.74) is 1.84. The maximum absolute atomic E-state index is 12.2. The average Bonchev–Trinajstić information content (AvgIpc) is 3.10. The minimum atomic E-state index is -0.778. The summed E-state index contributed by atoms with van der Waals surface area (Å²) < 4.78 is 5.75. The number of nitrogens with one attached hydrogen (secondary N) is 1. The van der Waals surface area contributed by atoms with Gasteiger partial charge in [0.05, 0.1) is 12.3 Å². The summed E-state index contributed by atoms with van der Waals surface area (Å²) in [5, 5.41) is 12.0. The summed E-state index contributed by atoms with van der Waals surface area (Å²) in [7, 11) is 0. The molecule has 26 heavy (non-hydrogen) atoms. The Hall–Kier alpha value is -2.89. The van der Waals surface area contributed by atoms with Gasteiger partial charge in [-0.15, -0.1) is 0 Å². The lowest BCUT2D eigenvalue weighted by molar-refractivity contribution is -0.141. The molecule has 3 rings (SSSR count). The van der Waals surface area contributed by atoms with Crippen LogP contribution in [-0.2, 0) is 22.6 Å². The Balaban J connectivity index is 1.50. The molecule has 1 aromatic carbocycles. The van der Waals surface area contributed by atoms with Crippen molar-refractivity contribution in [3.63, 3.8) is 0 Å². The van der Waals surface area contributed by atoms with Gasteiger partial charge in [-0.2, -0.15) is 0 Å². The largest absolute Gasteiger partial charge is 0.489 e. The molecule has 1 aliphatic carbocycles. The molecule has 1 saturated carbocycles. The first-order valence-corrected chi connectivity index (χ1v) is 8.73. The molecule has 1 heterocycles. The fraction of sp³-hybridized carbons (Fsp3) is 0.350. The molecule has 0 spiro atoms. The number of amides is 1. The Kier molecular flexibility index (Phi) is 5.84. The molecule has 0 aliphatic heterocycles. The topological polar surface area (TPSA) is 88.5 Å². The Morgan fingerprint density at radius 2 is 2.04 bits per heavy atom. The summed E-state index contributed by atoms with van der Waals surface area (Å²) in [4.78, 5) is 27.3. The van der Waals surface area contributed by atoms with Gasteiger partial charge in [0, 0.05) is 24.0 Å². The molecule has 0 bridgehead atoms. The van der Waals surface area contributed by atoms with Crippen LogP contribution in [0.2, 0.25) is 0 Å². The van der Waals surface area contributed by atoms with Crippen molar-refractivity contribution in [1.82, 2.24) is 10.3 Å². The highest BCUT2D eigenvalue weighted by Gasteiger charge is 2.30. The minimum absolute atomic E-state index is 0.0476. The van der Waals surface area contributed by atoms with Crippen LogP contribution < -0.4 is 10.1 Å². The van der Waals surface area contributed by atoms with E-state index in [2.05, 4.69) is 10.3 Å². The van der Waals surface area contributed by atoms with Gasteiger partial charge >= 0.3 is 5.97 Å². The first-order chi connectivity index (χ1) is 12.6. The maximum Gasteiger partial charge on any atom is 0.306 e. The molecule has 1 amide bonds. The van der Waals surface area contributed by atoms with Crippen molar-refractivity contribution in [2.45, 2.75) is 38.3 Å². The van der Waals surface area contributed by atoms with Crippen LogP contribution in [0.15, 0.2) is 48.8 Å². The lowest BCUT2D eigenvalue weighted by atomic mass is 10.1. The number of rotatable bonds is 7. The van der Waals surface area contributed by atoms with Crippen molar-refractivity contribution >= 4 is 11.9 Å². The van der Waals surface area contributed by atoms with Gasteiger partial charge < -0.3 is 15.2 Å². The number of aliphatic carboxylic acids is 1. The molecule has 1 aromatic heterocycles. The zero-order chi connectivity index (χ0) is 18.4. The maximum atomic E-state index is 12.2. The molecule has 6 nitrogen and oxygen atoms in total. The quantitative estimate of drug-likeness (QED) is 0.798. The van der Waals surface area contributed by atoms with Crippen LogP contribution in [0.25, 0.3) is 0 Å². The highest BCUT2D eigenvalue weighted by atomic mass is 16.5. The summed E-state index contributed by atoms with van der Waals surface area (Å²) >= 11 is 0. The molecule has 0 saturated heterocycles. The fourth-order valence-corrected chi connectivity index (χ4v) is 3.20. The fourth-order valence-electron chi connectivity index (χ4n) is 3.20. The summed E-state index contributed by atoms with van der Waals surface area (Å²) in [5.74, 6) is -0.513. The third-order valence-corrected chi connectivity index (χ3v) is 4.54. The van der Waals surface area contributed by atoms with Gasteiger partial charge in [0.2, 0.25) is 5.91 Å². The van der Waals surface area contributed by atoms with Gasteiger partial charge in [-0.05, 0) is 43.0 Å². The third-order valence-electron chi connectivity index (χ3n) is 4.54. The van der Waals surface area contributed by atoms with Crippen LogP contribution in [0, 0.1) is 5.92 Å². The number of hydrogen-bond donors (Lipinski definition) is 2. The molecule has 2 aromatic rings. The number of carboxylic acid groups (broad SMARTS) is 1. The number of aromatic nitrogens is 1. The molecule has 0 unspecified atom stereocenters. The lowest BCUT2D eigenvalue weighted by Crippen LogP contribution is -2.34. The number of carbonyl (C=O) groups is 2. The van der Waals surface area contributed by atoms with E-state index in [1.165, 1.54) is 0 Å². The van der Waals surface area contributed by atoms with Gasteiger partial charge in [-0.25, -0.2) is 0 Å². The Labute approximate surface area is 152 Å². The second-order valence-corrected chi connectivity index (χ2v) is 6.59. The van der Waals surface area contributed by atoms with E-state index in [0.29, 0.717) is 25.2 Å². The number of carbonyl (C=O) groups excluding carboxylic acids is 1. The van der Waals surface area contributed by atoms with Crippen molar-refractivity contribution < 1.29 is 19.4 Å². The highest BCUT2D eigenvalue weighted by Crippen LogP contribution is 2.25. The smallest absolute Gasteiger partial charge is 0.306 e. The Bertz CT molecular complexity index is 763. The van der Waals surface area contributed by atoms with Crippen LogP contribution in [0.4, 0.5) is 0 Å². The van der Waals surface area contributed by atoms with E-state index in [1.807, 2.05) is 36.4 Å². The van der Waals surface area contributed by atoms with Gasteiger partial charge in [0.15, 0.2) is 0 Å². The number of carboxylic acids is 1. The van der Waals surface area contributed by atoms with Gasteiger partial charge in [-0.3, -0.25) is 14.6 Å². The van der Waals surface area contributed by atoms with E-state index >= 15 is 0 Å².